The topological polar surface area (TPSA) is 64.9 Å². The Morgan fingerprint density at radius 2 is 2.19 bits per heavy atom. The highest BCUT2D eigenvalue weighted by atomic mass is 19.2. The van der Waals surface area contributed by atoms with Crippen molar-refractivity contribution >= 4 is 0 Å². The van der Waals surface area contributed by atoms with Gasteiger partial charge in [0.05, 0.1) is 11.5 Å². The van der Waals surface area contributed by atoms with Crippen molar-refractivity contribution in [1.82, 2.24) is 0 Å². The first-order valence-electron chi connectivity index (χ1n) is 4.45. The molecular formula is C9H7F2NO4. The predicted molar refractivity (Wildman–Crippen MR) is 47.5 cm³/mol. The normalized spacial score (nSPS) is 20.2. The van der Waals surface area contributed by atoms with Crippen LogP contribution in [0.25, 0.3) is 0 Å². The molecule has 0 spiro atoms. The van der Waals surface area contributed by atoms with Gasteiger partial charge in [-0.2, -0.15) is 0 Å². The first-order chi connectivity index (χ1) is 7.58. The molecule has 0 radical (unpaired) electrons. The number of epoxide rings is 1. The number of nitrogens with zero attached hydrogens (tertiary/aromatic N) is 1. The number of ether oxygens (including phenoxy) is 2. The van der Waals surface area contributed by atoms with Crippen LogP contribution in [0.5, 0.6) is 5.75 Å². The summed E-state index contributed by atoms with van der Waals surface area (Å²) in [4.78, 5) is 9.90. The van der Waals surface area contributed by atoms with Gasteiger partial charge in [0.1, 0.15) is 5.75 Å². The Bertz CT molecular complexity index is 422. The Balaban J connectivity index is 2.12. The second-order valence-corrected chi connectivity index (χ2v) is 3.24. The average molecular weight is 231 g/mol. The lowest BCUT2D eigenvalue weighted by Crippen LogP contribution is -2.32. The summed E-state index contributed by atoms with van der Waals surface area (Å²) in [6.45, 7) is 0.231. The van der Waals surface area contributed by atoms with Crippen molar-refractivity contribution < 1.29 is 23.2 Å². The minimum Gasteiger partial charge on any atom is -0.428 e. The van der Waals surface area contributed by atoms with Crippen LogP contribution in [0.2, 0.25) is 0 Å². The molecule has 0 saturated carbocycles. The lowest BCUT2D eigenvalue weighted by atomic mass is 10.3. The highest BCUT2D eigenvalue weighted by molar-refractivity contribution is 5.23. The van der Waals surface area contributed by atoms with Gasteiger partial charge in [0, 0.05) is 6.07 Å². The Hall–Kier alpha value is -1.76. The van der Waals surface area contributed by atoms with Gasteiger partial charge in [0.2, 0.25) is 0 Å². The maximum Gasteiger partial charge on any atom is 0.382 e. The number of hydrogen-bond donors (Lipinski definition) is 0. The Kier molecular flexibility index (Phi) is 2.69. The van der Waals surface area contributed by atoms with E-state index in [4.69, 9.17) is 9.47 Å². The third-order valence-electron chi connectivity index (χ3n) is 2.03. The second-order valence-electron chi connectivity index (χ2n) is 3.24. The molecule has 0 bridgehead atoms. The van der Waals surface area contributed by atoms with E-state index in [0.29, 0.717) is 0 Å². The van der Waals surface area contributed by atoms with E-state index in [-0.39, 0.29) is 12.4 Å². The van der Waals surface area contributed by atoms with Gasteiger partial charge in [-0.05, 0) is 12.1 Å². The third-order valence-corrected chi connectivity index (χ3v) is 2.03. The number of benzene rings is 1. The predicted octanol–water partition coefficient (Wildman–Crippen LogP) is 1.35. The quantitative estimate of drug-likeness (QED) is 0.339. The van der Waals surface area contributed by atoms with Crippen LogP contribution in [-0.4, -0.2) is 23.9 Å². The number of nitro groups is 1. The monoisotopic (exact) mass is 231 g/mol. The SMILES string of the molecule is O=[N+]([O-])C(Oc1ccc(F)c(F)c1)C1CO1. The lowest BCUT2D eigenvalue weighted by Gasteiger charge is -2.09. The molecule has 0 aromatic heterocycles. The van der Waals surface area contributed by atoms with Gasteiger partial charge >= 0.3 is 6.23 Å². The minimum atomic E-state index is -1.38. The molecule has 5 nitrogen and oxygen atoms in total. The Morgan fingerprint density at radius 1 is 1.50 bits per heavy atom. The standard InChI is InChI=1S/C9H7F2NO4/c10-6-2-1-5(3-7(6)11)16-9(12(13)14)8-4-15-8/h1-3,8-9H,4H2. The molecule has 86 valence electrons. The van der Waals surface area contributed by atoms with E-state index in [2.05, 4.69) is 0 Å². The lowest BCUT2D eigenvalue weighted by molar-refractivity contribution is -0.565. The fourth-order valence-electron chi connectivity index (χ4n) is 1.16. The summed E-state index contributed by atoms with van der Waals surface area (Å²) in [6.07, 6.45) is -2.01. The van der Waals surface area contributed by atoms with Gasteiger partial charge < -0.3 is 9.47 Å². The fourth-order valence-corrected chi connectivity index (χ4v) is 1.16. The van der Waals surface area contributed by atoms with Crippen LogP contribution in [0.4, 0.5) is 8.78 Å². The van der Waals surface area contributed by atoms with Crippen LogP contribution < -0.4 is 4.74 Å². The van der Waals surface area contributed by atoms with Crippen LogP contribution in [0, 0.1) is 21.7 Å². The van der Waals surface area contributed by atoms with Crippen LogP contribution in [-0.2, 0) is 4.74 Å². The Labute approximate surface area is 88.7 Å². The zero-order valence-electron chi connectivity index (χ0n) is 7.93. The van der Waals surface area contributed by atoms with E-state index >= 15 is 0 Å². The van der Waals surface area contributed by atoms with Crippen LogP contribution >= 0.6 is 0 Å². The third kappa shape index (κ3) is 2.25. The summed E-state index contributed by atoms with van der Waals surface area (Å²) >= 11 is 0. The molecule has 2 unspecified atom stereocenters. The van der Waals surface area contributed by atoms with Crippen LogP contribution in [0.15, 0.2) is 18.2 Å². The summed E-state index contributed by atoms with van der Waals surface area (Å²) in [6, 6.07) is 2.72. The highest BCUT2D eigenvalue weighted by Crippen LogP contribution is 2.22. The van der Waals surface area contributed by atoms with Gasteiger partial charge in [-0.25, -0.2) is 8.78 Å². The molecule has 1 saturated heterocycles. The second kappa shape index (κ2) is 4.01. The maximum atomic E-state index is 12.8. The van der Waals surface area contributed by atoms with E-state index in [1.807, 2.05) is 0 Å². The molecule has 2 atom stereocenters. The number of hydrogen-bond acceptors (Lipinski definition) is 4. The van der Waals surface area contributed by atoms with E-state index in [9.17, 15) is 18.9 Å². The number of rotatable bonds is 4. The summed E-state index contributed by atoms with van der Waals surface area (Å²) in [5.41, 5.74) is 0. The van der Waals surface area contributed by atoms with Gasteiger partial charge in [0.15, 0.2) is 17.7 Å². The van der Waals surface area contributed by atoms with Crippen molar-refractivity contribution in [1.29, 1.82) is 0 Å². The molecule has 7 heteroatoms. The van der Waals surface area contributed by atoms with Crippen molar-refractivity contribution in [2.75, 3.05) is 6.61 Å². The van der Waals surface area contributed by atoms with Crippen LogP contribution in [0.1, 0.15) is 0 Å². The van der Waals surface area contributed by atoms with E-state index in [1.54, 1.807) is 0 Å². The first-order valence-corrected chi connectivity index (χ1v) is 4.45. The van der Waals surface area contributed by atoms with Crippen LogP contribution in [0.3, 0.4) is 0 Å². The van der Waals surface area contributed by atoms with Gasteiger partial charge in [-0.3, -0.25) is 10.1 Å². The molecule has 1 aromatic rings. The summed E-state index contributed by atoms with van der Waals surface area (Å²) in [7, 11) is 0. The maximum absolute atomic E-state index is 12.8. The molecular weight excluding hydrogens is 224 g/mol. The highest BCUT2D eigenvalue weighted by Gasteiger charge is 2.43. The molecule has 1 fully saturated rings. The van der Waals surface area contributed by atoms with Crippen molar-refractivity contribution in [3.8, 4) is 5.75 Å². The van der Waals surface area contributed by atoms with Gasteiger partial charge in [-0.15, -0.1) is 0 Å². The molecule has 16 heavy (non-hydrogen) atoms. The molecule has 0 amide bonds. The Morgan fingerprint density at radius 3 is 2.69 bits per heavy atom. The molecule has 1 aliphatic rings. The van der Waals surface area contributed by atoms with Crippen molar-refractivity contribution in [2.24, 2.45) is 0 Å². The van der Waals surface area contributed by atoms with Gasteiger partial charge in [0.25, 0.3) is 0 Å². The summed E-state index contributed by atoms with van der Waals surface area (Å²) < 4.78 is 35.0. The van der Waals surface area contributed by atoms with E-state index < -0.39 is 28.9 Å². The fraction of sp³-hybridized carbons (Fsp3) is 0.333. The molecule has 0 N–H and O–H groups in total. The zero-order valence-corrected chi connectivity index (χ0v) is 7.93. The average Bonchev–Trinajstić information content (AvgIpc) is 3.03. The first kappa shape index (κ1) is 10.7. The smallest absolute Gasteiger partial charge is 0.382 e. The zero-order chi connectivity index (χ0) is 11.7. The van der Waals surface area contributed by atoms with Crippen molar-refractivity contribution in [3.05, 3.63) is 39.9 Å². The molecule has 1 aliphatic heterocycles. The largest absolute Gasteiger partial charge is 0.428 e. The molecule has 2 rings (SSSR count). The number of halogens is 2. The molecule has 1 aromatic carbocycles. The molecule has 1 heterocycles. The van der Waals surface area contributed by atoms with E-state index in [1.165, 1.54) is 0 Å². The van der Waals surface area contributed by atoms with E-state index in [0.717, 1.165) is 18.2 Å². The van der Waals surface area contributed by atoms with Gasteiger partial charge in [-0.1, -0.05) is 0 Å². The van der Waals surface area contributed by atoms with Crippen molar-refractivity contribution in [3.63, 3.8) is 0 Å². The molecule has 0 aliphatic carbocycles. The van der Waals surface area contributed by atoms with Crippen molar-refractivity contribution in [2.45, 2.75) is 12.3 Å². The summed E-state index contributed by atoms with van der Waals surface area (Å²) in [5, 5.41) is 10.6. The summed E-state index contributed by atoms with van der Waals surface area (Å²) in [5.74, 6) is -2.25. The minimum absolute atomic E-state index is 0.101.